The van der Waals surface area contributed by atoms with Crippen LogP contribution in [0.1, 0.15) is 33.1 Å². The second kappa shape index (κ2) is 4.76. The highest BCUT2D eigenvalue weighted by Gasteiger charge is 2.34. The summed E-state index contributed by atoms with van der Waals surface area (Å²) in [5, 5.41) is 14.5. The van der Waals surface area contributed by atoms with Crippen molar-refractivity contribution in [2.45, 2.75) is 39.2 Å². The summed E-state index contributed by atoms with van der Waals surface area (Å²) in [7, 11) is 0. The fourth-order valence-electron chi connectivity index (χ4n) is 2.52. The average Bonchev–Trinajstić information content (AvgIpc) is 2.61. The number of nitro groups is 1. The number of benzene rings is 1. The summed E-state index contributed by atoms with van der Waals surface area (Å²) in [5.41, 5.74) is 1.05. The van der Waals surface area contributed by atoms with E-state index < -0.39 is 4.92 Å². The van der Waals surface area contributed by atoms with Crippen LogP contribution < -0.4 is 5.32 Å². The minimum Gasteiger partial charge on any atom is -0.381 e. The van der Waals surface area contributed by atoms with Gasteiger partial charge < -0.3 is 5.32 Å². The highest BCUT2D eigenvalue weighted by Crippen LogP contribution is 2.40. The van der Waals surface area contributed by atoms with Gasteiger partial charge >= 0.3 is 0 Å². The summed E-state index contributed by atoms with van der Waals surface area (Å²) >= 11 is 6.08. The van der Waals surface area contributed by atoms with Crippen LogP contribution in [0, 0.1) is 15.5 Å². The van der Waals surface area contributed by atoms with Crippen molar-refractivity contribution in [1.29, 1.82) is 0 Å². The number of rotatable bonds is 3. The number of anilines is 1. The maximum atomic E-state index is 10.6. The van der Waals surface area contributed by atoms with E-state index in [1.54, 1.807) is 6.07 Å². The largest absolute Gasteiger partial charge is 0.381 e. The van der Waals surface area contributed by atoms with Gasteiger partial charge in [0.15, 0.2) is 0 Å². The molecule has 0 amide bonds. The van der Waals surface area contributed by atoms with Crippen LogP contribution in [-0.4, -0.2) is 11.0 Å². The van der Waals surface area contributed by atoms with Crippen LogP contribution in [0.4, 0.5) is 11.4 Å². The maximum absolute atomic E-state index is 10.6. The average molecular weight is 269 g/mol. The third-order valence-corrected chi connectivity index (χ3v) is 4.06. The van der Waals surface area contributed by atoms with Gasteiger partial charge in [-0.15, -0.1) is 0 Å². The number of nitro benzene ring substituents is 1. The zero-order valence-electron chi connectivity index (χ0n) is 10.6. The molecule has 1 atom stereocenters. The Labute approximate surface area is 111 Å². The van der Waals surface area contributed by atoms with Crippen LogP contribution in [0.5, 0.6) is 0 Å². The fraction of sp³-hybridized carbons (Fsp3) is 0.538. The molecule has 1 aliphatic rings. The number of nitrogens with zero attached hydrogens (tertiary/aromatic N) is 1. The second-order valence-corrected chi connectivity index (χ2v) is 5.91. The molecule has 0 saturated heterocycles. The van der Waals surface area contributed by atoms with Crippen LogP contribution >= 0.6 is 11.6 Å². The topological polar surface area (TPSA) is 55.2 Å². The Balaban J connectivity index is 2.17. The molecule has 0 bridgehead atoms. The minimum absolute atomic E-state index is 0.0243. The molecule has 4 nitrogen and oxygen atoms in total. The van der Waals surface area contributed by atoms with E-state index in [0.717, 1.165) is 12.1 Å². The van der Waals surface area contributed by atoms with E-state index in [-0.39, 0.29) is 11.1 Å². The first kappa shape index (κ1) is 13.1. The van der Waals surface area contributed by atoms with Crippen molar-refractivity contribution in [3.8, 4) is 0 Å². The molecule has 1 fully saturated rings. The molecule has 1 aromatic rings. The lowest BCUT2D eigenvalue weighted by atomic mass is 9.87. The maximum Gasteiger partial charge on any atom is 0.271 e. The van der Waals surface area contributed by atoms with E-state index in [4.69, 9.17) is 11.6 Å². The monoisotopic (exact) mass is 268 g/mol. The molecule has 18 heavy (non-hydrogen) atoms. The van der Waals surface area contributed by atoms with Gasteiger partial charge in [-0.2, -0.15) is 0 Å². The van der Waals surface area contributed by atoms with Crippen molar-refractivity contribution < 1.29 is 4.92 Å². The number of hydrogen-bond donors (Lipinski definition) is 1. The molecule has 1 unspecified atom stereocenters. The van der Waals surface area contributed by atoms with Crippen molar-refractivity contribution in [2.24, 2.45) is 5.41 Å². The van der Waals surface area contributed by atoms with Crippen molar-refractivity contribution in [2.75, 3.05) is 5.32 Å². The van der Waals surface area contributed by atoms with E-state index in [0.29, 0.717) is 11.1 Å². The Morgan fingerprint density at radius 1 is 1.50 bits per heavy atom. The lowest BCUT2D eigenvalue weighted by Crippen LogP contribution is -2.30. The Kier molecular flexibility index (Phi) is 3.48. The van der Waals surface area contributed by atoms with Crippen molar-refractivity contribution in [3.63, 3.8) is 0 Å². The molecular formula is C13H17ClN2O2. The van der Waals surface area contributed by atoms with Gasteiger partial charge in [0.2, 0.25) is 0 Å². The first-order valence-electron chi connectivity index (χ1n) is 6.10. The SMILES string of the molecule is CC1(C)CCCC1Nc1ccc([N+](=O)[O-])cc1Cl. The molecule has 0 aliphatic heterocycles. The molecule has 0 radical (unpaired) electrons. The summed E-state index contributed by atoms with van der Waals surface area (Å²) in [6.45, 7) is 4.47. The first-order chi connectivity index (χ1) is 8.40. The molecule has 98 valence electrons. The van der Waals surface area contributed by atoms with Gasteiger partial charge in [-0.05, 0) is 24.3 Å². The lowest BCUT2D eigenvalue weighted by Gasteiger charge is -2.29. The van der Waals surface area contributed by atoms with Crippen molar-refractivity contribution in [3.05, 3.63) is 33.3 Å². The summed E-state index contributed by atoms with van der Waals surface area (Å²) in [6, 6.07) is 4.94. The van der Waals surface area contributed by atoms with Crippen LogP contribution in [0.25, 0.3) is 0 Å². The first-order valence-corrected chi connectivity index (χ1v) is 6.48. The summed E-state index contributed by atoms with van der Waals surface area (Å²) in [5.74, 6) is 0. The van der Waals surface area contributed by atoms with Crippen LogP contribution in [0.2, 0.25) is 5.02 Å². The third kappa shape index (κ3) is 2.58. The predicted molar refractivity (Wildman–Crippen MR) is 73.1 cm³/mol. The van der Waals surface area contributed by atoms with Gasteiger partial charge in [0.1, 0.15) is 0 Å². The van der Waals surface area contributed by atoms with E-state index in [1.165, 1.54) is 25.0 Å². The molecule has 0 spiro atoms. The molecule has 2 rings (SSSR count). The van der Waals surface area contributed by atoms with Crippen molar-refractivity contribution >= 4 is 23.0 Å². The predicted octanol–water partition coefficient (Wildman–Crippen LogP) is 4.24. The quantitative estimate of drug-likeness (QED) is 0.659. The number of hydrogen-bond acceptors (Lipinski definition) is 3. The Morgan fingerprint density at radius 3 is 2.72 bits per heavy atom. The third-order valence-electron chi connectivity index (χ3n) is 3.75. The molecule has 1 N–H and O–H groups in total. The minimum atomic E-state index is -0.435. The van der Waals surface area contributed by atoms with Gasteiger partial charge in [0.05, 0.1) is 15.6 Å². The number of nitrogens with one attached hydrogen (secondary N) is 1. The highest BCUT2D eigenvalue weighted by atomic mass is 35.5. The summed E-state index contributed by atoms with van der Waals surface area (Å²) < 4.78 is 0. The van der Waals surface area contributed by atoms with Crippen LogP contribution in [-0.2, 0) is 0 Å². The molecule has 0 heterocycles. The standard InChI is InChI=1S/C13H17ClN2O2/c1-13(2)7-3-4-12(13)15-11-6-5-9(16(17)18)8-10(11)14/h5-6,8,12,15H,3-4,7H2,1-2H3. The summed E-state index contributed by atoms with van der Waals surface area (Å²) in [4.78, 5) is 10.2. The molecular weight excluding hydrogens is 252 g/mol. The van der Waals surface area contributed by atoms with Gasteiger partial charge in [-0.3, -0.25) is 10.1 Å². The molecule has 0 aromatic heterocycles. The zero-order valence-corrected chi connectivity index (χ0v) is 11.3. The number of non-ortho nitro benzene ring substituents is 1. The number of halogens is 1. The van der Waals surface area contributed by atoms with Gasteiger partial charge in [0.25, 0.3) is 5.69 Å². The van der Waals surface area contributed by atoms with Crippen LogP contribution in [0.15, 0.2) is 18.2 Å². The van der Waals surface area contributed by atoms with E-state index in [1.807, 2.05) is 0 Å². The van der Waals surface area contributed by atoms with Crippen molar-refractivity contribution in [1.82, 2.24) is 0 Å². The Morgan fingerprint density at radius 2 is 2.22 bits per heavy atom. The zero-order chi connectivity index (χ0) is 13.3. The molecule has 5 heteroatoms. The smallest absolute Gasteiger partial charge is 0.271 e. The normalized spacial score (nSPS) is 21.8. The van der Waals surface area contributed by atoms with E-state index in [2.05, 4.69) is 19.2 Å². The van der Waals surface area contributed by atoms with E-state index in [9.17, 15) is 10.1 Å². The van der Waals surface area contributed by atoms with E-state index >= 15 is 0 Å². The lowest BCUT2D eigenvalue weighted by molar-refractivity contribution is -0.384. The fourth-order valence-corrected chi connectivity index (χ4v) is 2.75. The molecule has 1 saturated carbocycles. The van der Waals surface area contributed by atoms with Gasteiger partial charge in [-0.1, -0.05) is 31.9 Å². The Bertz CT molecular complexity index is 474. The highest BCUT2D eigenvalue weighted by molar-refractivity contribution is 6.33. The Hall–Kier alpha value is -1.29. The molecule has 1 aliphatic carbocycles. The molecule has 1 aromatic carbocycles. The second-order valence-electron chi connectivity index (χ2n) is 5.50. The van der Waals surface area contributed by atoms with Gasteiger partial charge in [0, 0.05) is 18.2 Å². The van der Waals surface area contributed by atoms with Gasteiger partial charge in [-0.25, -0.2) is 0 Å². The summed E-state index contributed by atoms with van der Waals surface area (Å²) in [6.07, 6.45) is 3.50. The van der Waals surface area contributed by atoms with Crippen LogP contribution in [0.3, 0.4) is 0 Å².